The lowest BCUT2D eigenvalue weighted by atomic mass is 10.1. The van der Waals surface area contributed by atoms with Crippen molar-refractivity contribution in [3.05, 3.63) is 0 Å². The summed E-state index contributed by atoms with van der Waals surface area (Å²) in [4.78, 5) is 21.8. The summed E-state index contributed by atoms with van der Waals surface area (Å²) in [5.41, 5.74) is 10.6. The lowest BCUT2D eigenvalue weighted by molar-refractivity contribution is -0.123. The van der Waals surface area contributed by atoms with E-state index in [4.69, 9.17) is 16.2 Å². The summed E-state index contributed by atoms with van der Waals surface area (Å²) in [6.07, 6.45) is 2.17. The molecule has 0 aliphatic rings. The zero-order valence-electron chi connectivity index (χ0n) is 9.70. The number of hydrogen-bond donors (Lipinski definition) is 3. The molecule has 6 heteroatoms. The Kier molecular flexibility index (Phi) is 8.46. The number of nitrogens with one attached hydrogen (secondary N) is 1. The Morgan fingerprint density at radius 1 is 1.38 bits per heavy atom. The Morgan fingerprint density at radius 3 is 2.62 bits per heavy atom. The highest BCUT2D eigenvalue weighted by Crippen LogP contribution is 1.95. The summed E-state index contributed by atoms with van der Waals surface area (Å²) in [5, 5.41) is 2.65. The number of carbonyl (C=O) groups excluding carboxylic acids is 2. The van der Waals surface area contributed by atoms with Crippen LogP contribution in [0, 0.1) is 0 Å². The molecule has 1 unspecified atom stereocenters. The van der Waals surface area contributed by atoms with Crippen LogP contribution in [0.15, 0.2) is 0 Å². The molecule has 0 saturated carbocycles. The second-order valence-electron chi connectivity index (χ2n) is 3.60. The molecule has 0 aliphatic heterocycles. The Labute approximate surface area is 95.7 Å². The Balaban J connectivity index is 3.51. The molecule has 0 radical (unpaired) electrons. The molecular formula is C10H21N3O3. The summed E-state index contributed by atoms with van der Waals surface area (Å²) in [5.74, 6) is -0.556. The number of rotatable bonds is 9. The third-order valence-corrected chi connectivity index (χ3v) is 2.10. The lowest BCUT2D eigenvalue weighted by Gasteiger charge is -2.11. The van der Waals surface area contributed by atoms with Gasteiger partial charge in [-0.2, -0.15) is 0 Å². The normalized spacial score (nSPS) is 12.1. The van der Waals surface area contributed by atoms with Crippen LogP contribution in [-0.2, 0) is 14.3 Å². The van der Waals surface area contributed by atoms with Gasteiger partial charge in [0.05, 0.1) is 6.04 Å². The van der Waals surface area contributed by atoms with Crippen molar-refractivity contribution in [1.82, 2.24) is 5.32 Å². The smallest absolute Gasteiger partial charge is 0.236 e. The van der Waals surface area contributed by atoms with Gasteiger partial charge < -0.3 is 21.5 Å². The molecule has 0 spiro atoms. The fourth-order valence-electron chi connectivity index (χ4n) is 1.18. The quantitative estimate of drug-likeness (QED) is 0.448. The summed E-state index contributed by atoms with van der Waals surface area (Å²) in [6.45, 7) is 1.03. The standard InChI is InChI=1S/C10H21N3O3/c1-16-7-3-4-8(11)10(15)13-6-2-5-9(12)14/h8H,2-7,11H2,1H3,(H2,12,14)(H,13,15). The first-order chi connectivity index (χ1) is 7.57. The van der Waals surface area contributed by atoms with Crippen molar-refractivity contribution in [3.8, 4) is 0 Å². The number of nitrogens with two attached hydrogens (primary N) is 2. The van der Waals surface area contributed by atoms with E-state index in [2.05, 4.69) is 5.32 Å². The van der Waals surface area contributed by atoms with Crippen molar-refractivity contribution >= 4 is 11.8 Å². The number of primary amides is 1. The van der Waals surface area contributed by atoms with Crippen LogP contribution in [0.5, 0.6) is 0 Å². The van der Waals surface area contributed by atoms with Crippen LogP contribution < -0.4 is 16.8 Å². The summed E-state index contributed by atoms with van der Waals surface area (Å²) < 4.78 is 4.86. The van der Waals surface area contributed by atoms with Gasteiger partial charge in [0.1, 0.15) is 0 Å². The van der Waals surface area contributed by atoms with Gasteiger partial charge >= 0.3 is 0 Å². The van der Waals surface area contributed by atoms with E-state index in [1.165, 1.54) is 0 Å². The third kappa shape index (κ3) is 8.19. The summed E-state index contributed by atoms with van der Waals surface area (Å²) in [7, 11) is 1.61. The Bertz CT molecular complexity index is 221. The zero-order chi connectivity index (χ0) is 12.4. The van der Waals surface area contributed by atoms with E-state index in [0.29, 0.717) is 26.0 Å². The van der Waals surface area contributed by atoms with Crippen LogP contribution >= 0.6 is 0 Å². The van der Waals surface area contributed by atoms with E-state index in [-0.39, 0.29) is 18.2 Å². The van der Waals surface area contributed by atoms with E-state index in [0.717, 1.165) is 6.42 Å². The van der Waals surface area contributed by atoms with Crippen LogP contribution in [0.25, 0.3) is 0 Å². The van der Waals surface area contributed by atoms with Gasteiger partial charge in [0, 0.05) is 26.7 Å². The van der Waals surface area contributed by atoms with Crippen molar-refractivity contribution in [1.29, 1.82) is 0 Å². The molecule has 16 heavy (non-hydrogen) atoms. The maximum absolute atomic E-state index is 11.4. The second kappa shape index (κ2) is 9.11. The van der Waals surface area contributed by atoms with Gasteiger partial charge in [0.15, 0.2) is 0 Å². The molecule has 6 nitrogen and oxygen atoms in total. The lowest BCUT2D eigenvalue weighted by Crippen LogP contribution is -2.41. The number of methoxy groups -OCH3 is 1. The van der Waals surface area contributed by atoms with Gasteiger partial charge in [-0.05, 0) is 19.3 Å². The molecule has 0 aromatic heterocycles. The first-order valence-corrected chi connectivity index (χ1v) is 5.38. The number of hydrogen-bond acceptors (Lipinski definition) is 4. The average molecular weight is 231 g/mol. The Hall–Kier alpha value is -1.14. The van der Waals surface area contributed by atoms with Crippen LogP contribution in [0.4, 0.5) is 0 Å². The first kappa shape index (κ1) is 14.9. The molecule has 0 fully saturated rings. The molecule has 0 saturated heterocycles. The molecule has 2 amide bonds. The summed E-state index contributed by atoms with van der Waals surface area (Å²) in [6, 6.07) is -0.510. The van der Waals surface area contributed by atoms with Gasteiger partial charge in [-0.3, -0.25) is 9.59 Å². The van der Waals surface area contributed by atoms with Gasteiger partial charge in [0.25, 0.3) is 0 Å². The molecular weight excluding hydrogens is 210 g/mol. The van der Waals surface area contributed by atoms with Crippen LogP contribution in [0.1, 0.15) is 25.7 Å². The molecule has 0 aliphatic carbocycles. The second-order valence-corrected chi connectivity index (χ2v) is 3.60. The predicted octanol–water partition coefficient (Wildman–Crippen LogP) is -0.878. The van der Waals surface area contributed by atoms with E-state index in [1.54, 1.807) is 7.11 Å². The van der Waals surface area contributed by atoms with Crippen LogP contribution in [0.2, 0.25) is 0 Å². The SMILES string of the molecule is COCCCC(N)C(=O)NCCCC(N)=O. The monoisotopic (exact) mass is 231 g/mol. The number of ether oxygens (including phenoxy) is 1. The highest BCUT2D eigenvalue weighted by molar-refractivity contribution is 5.81. The third-order valence-electron chi connectivity index (χ3n) is 2.10. The van der Waals surface area contributed by atoms with E-state index in [9.17, 15) is 9.59 Å². The van der Waals surface area contributed by atoms with Crippen LogP contribution in [0.3, 0.4) is 0 Å². The van der Waals surface area contributed by atoms with Gasteiger partial charge in [-0.25, -0.2) is 0 Å². The zero-order valence-corrected chi connectivity index (χ0v) is 9.70. The Morgan fingerprint density at radius 2 is 2.06 bits per heavy atom. The maximum atomic E-state index is 11.4. The van der Waals surface area contributed by atoms with Crippen molar-refractivity contribution in [3.63, 3.8) is 0 Å². The minimum atomic E-state index is -0.510. The van der Waals surface area contributed by atoms with Crippen molar-refractivity contribution in [2.75, 3.05) is 20.3 Å². The molecule has 0 heterocycles. The highest BCUT2D eigenvalue weighted by Gasteiger charge is 2.11. The molecule has 5 N–H and O–H groups in total. The molecule has 94 valence electrons. The average Bonchev–Trinajstić information content (AvgIpc) is 2.24. The highest BCUT2D eigenvalue weighted by atomic mass is 16.5. The molecule has 0 aromatic carbocycles. The van der Waals surface area contributed by atoms with Crippen molar-refractivity contribution in [2.45, 2.75) is 31.7 Å². The first-order valence-electron chi connectivity index (χ1n) is 5.38. The number of carbonyl (C=O) groups is 2. The predicted molar refractivity (Wildman–Crippen MR) is 60.5 cm³/mol. The van der Waals surface area contributed by atoms with E-state index < -0.39 is 6.04 Å². The topological polar surface area (TPSA) is 107 Å². The molecule has 1 atom stereocenters. The minimum absolute atomic E-state index is 0.194. The summed E-state index contributed by atoms with van der Waals surface area (Å²) >= 11 is 0. The largest absolute Gasteiger partial charge is 0.385 e. The fraction of sp³-hybridized carbons (Fsp3) is 0.800. The molecule has 0 aromatic rings. The van der Waals surface area contributed by atoms with E-state index >= 15 is 0 Å². The van der Waals surface area contributed by atoms with Gasteiger partial charge in [-0.15, -0.1) is 0 Å². The minimum Gasteiger partial charge on any atom is -0.385 e. The maximum Gasteiger partial charge on any atom is 0.236 e. The van der Waals surface area contributed by atoms with Gasteiger partial charge in [0.2, 0.25) is 11.8 Å². The van der Waals surface area contributed by atoms with E-state index in [1.807, 2.05) is 0 Å². The van der Waals surface area contributed by atoms with Crippen LogP contribution in [-0.4, -0.2) is 38.1 Å². The number of amides is 2. The molecule has 0 bridgehead atoms. The van der Waals surface area contributed by atoms with Gasteiger partial charge in [-0.1, -0.05) is 0 Å². The van der Waals surface area contributed by atoms with Crippen molar-refractivity contribution < 1.29 is 14.3 Å². The molecule has 0 rings (SSSR count). The fourth-order valence-corrected chi connectivity index (χ4v) is 1.18. The van der Waals surface area contributed by atoms with Crippen molar-refractivity contribution in [2.24, 2.45) is 11.5 Å².